The Morgan fingerprint density at radius 1 is 1.32 bits per heavy atom. The monoisotopic (exact) mass is 262 g/mol. The van der Waals surface area contributed by atoms with E-state index in [9.17, 15) is 4.79 Å². The van der Waals surface area contributed by atoms with E-state index in [0.717, 1.165) is 18.6 Å². The van der Waals surface area contributed by atoms with Crippen LogP contribution in [0.4, 0.5) is 5.69 Å². The first-order chi connectivity index (χ1) is 9.16. The van der Waals surface area contributed by atoms with Gasteiger partial charge < -0.3 is 15.4 Å². The van der Waals surface area contributed by atoms with Crippen molar-refractivity contribution in [2.75, 3.05) is 19.4 Å². The van der Waals surface area contributed by atoms with Gasteiger partial charge in [0.1, 0.15) is 5.75 Å². The molecule has 2 rings (SSSR count). The van der Waals surface area contributed by atoms with Gasteiger partial charge >= 0.3 is 0 Å². The molecule has 0 aliphatic heterocycles. The minimum Gasteiger partial charge on any atom is -0.493 e. The summed E-state index contributed by atoms with van der Waals surface area (Å²) in [6.45, 7) is 0.416. The number of carbonyl (C=O) groups is 1. The first-order valence-corrected chi connectivity index (χ1v) is 6.91. The SMILES string of the molecule is CN(C(=O)CCOc1ccc(N)cc1)C1CCCC1. The van der Waals surface area contributed by atoms with Crippen LogP contribution >= 0.6 is 0 Å². The van der Waals surface area contributed by atoms with Crippen LogP contribution in [0.25, 0.3) is 0 Å². The lowest BCUT2D eigenvalue weighted by Gasteiger charge is -2.24. The Balaban J connectivity index is 1.72. The standard InChI is InChI=1S/C15H22N2O2/c1-17(13-4-2-3-5-13)15(18)10-11-19-14-8-6-12(16)7-9-14/h6-9,13H,2-5,10-11,16H2,1H3. The molecule has 1 aliphatic rings. The van der Waals surface area contributed by atoms with E-state index in [1.54, 1.807) is 12.1 Å². The summed E-state index contributed by atoms with van der Waals surface area (Å²) in [5.41, 5.74) is 6.31. The minimum atomic E-state index is 0.169. The molecule has 104 valence electrons. The Kier molecular flexibility index (Phi) is 4.66. The number of nitrogens with zero attached hydrogens (tertiary/aromatic N) is 1. The molecule has 0 unspecified atom stereocenters. The highest BCUT2D eigenvalue weighted by Gasteiger charge is 2.22. The fraction of sp³-hybridized carbons (Fsp3) is 0.533. The Morgan fingerprint density at radius 2 is 1.95 bits per heavy atom. The third-order valence-corrected chi connectivity index (χ3v) is 3.73. The van der Waals surface area contributed by atoms with E-state index in [2.05, 4.69) is 0 Å². The highest BCUT2D eigenvalue weighted by atomic mass is 16.5. The average Bonchev–Trinajstić information content (AvgIpc) is 2.94. The molecule has 1 aromatic rings. The molecule has 0 bridgehead atoms. The summed E-state index contributed by atoms with van der Waals surface area (Å²) in [7, 11) is 1.90. The molecule has 4 heteroatoms. The van der Waals surface area contributed by atoms with E-state index >= 15 is 0 Å². The molecule has 0 atom stereocenters. The number of rotatable bonds is 5. The molecule has 0 radical (unpaired) electrons. The van der Waals surface area contributed by atoms with Crippen LogP contribution in [0.1, 0.15) is 32.1 Å². The van der Waals surface area contributed by atoms with Gasteiger partial charge in [-0.25, -0.2) is 0 Å². The van der Waals surface area contributed by atoms with Crippen LogP contribution in [0.5, 0.6) is 5.75 Å². The largest absolute Gasteiger partial charge is 0.493 e. The maximum absolute atomic E-state index is 12.0. The van der Waals surface area contributed by atoms with Crippen LogP contribution in [0.3, 0.4) is 0 Å². The fourth-order valence-electron chi connectivity index (χ4n) is 2.49. The van der Waals surface area contributed by atoms with Gasteiger partial charge in [-0.15, -0.1) is 0 Å². The molecule has 1 aromatic carbocycles. The first kappa shape index (κ1) is 13.7. The second-order valence-corrected chi connectivity index (χ2v) is 5.11. The van der Waals surface area contributed by atoms with Crippen LogP contribution in [0.2, 0.25) is 0 Å². The molecule has 0 saturated heterocycles. The minimum absolute atomic E-state index is 0.169. The van der Waals surface area contributed by atoms with E-state index in [1.807, 2.05) is 24.1 Å². The number of nitrogen functional groups attached to an aromatic ring is 1. The van der Waals surface area contributed by atoms with Crippen molar-refractivity contribution >= 4 is 11.6 Å². The molecular weight excluding hydrogens is 240 g/mol. The molecule has 1 fully saturated rings. The van der Waals surface area contributed by atoms with Crippen LogP contribution in [-0.4, -0.2) is 30.5 Å². The zero-order chi connectivity index (χ0) is 13.7. The Bertz CT molecular complexity index is 411. The lowest BCUT2D eigenvalue weighted by atomic mass is 10.2. The van der Waals surface area contributed by atoms with Crippen molar-refractivity contribution in [3.8, 4) is 5.75 Å². The molecule has 1 amide bonds. The molecular formula is C15H22N2O2. The number of benzene rings is 1. The Labute approximate surface area is 114 Å². The number of ether oxygens (including phenoxy) is 1. The summed E-state index contributed by atoms with van der Waals surface area (Å²) in [4.78, 5) is 13.9. The van der Waals surface area contributed by atoms with Gasteiger partial charge in [-0.2, -0.15) is 0 Å². The topological polar surface area (TPSA) is 55.6 Å². The second kappa shape index (κ2) is 6.45. The van der Waals surface area contributed by atoms with Gasteiger partial charge in [-0.05, 0) is 37.1 Å². The molecule has 19 heavy (non-hydrogen) atoms. The summed E-state index contributed by atoms with van der Waals surface area (Å²) in [6.07, 6.45) is 5.19. The average molecular weight is 262 g/mol. The maximum Gasteiger partial charge on any atom is 0.225 e. The van der Waals surface area contributed by atoms with Crippen LogP contribution < -0.4 is 10.5 Å². The van der Waals surface area contributed by atoms with E-state index < -0.39 is 0 Å². The van der Waals surface area contributed by atoms with Gasteiger partial charge in [-0.3, -0.25) is 4.79 Å². The molecule has 1 saturated carbocycles. The normalized spacial score (nSPS) is 15.4. The van der Waals surface area contributed by atoms with Crippen LogP contribution in [-0.2, 0) is 4.79 Å². The zero-order valence-electron chi connectivity index (χ0n) is 11.5. The summed E-state index contributed by atoms with van der Waals surface area (Å²) >= 11 is 0. The lowest BCUT2D eigenvalue weighted by Crippen LogP contribution is -2.35. The van der Waals surface area contributed by atoms with E-state index in [1.165, 1.54) is 12.8 Å². The Morgan fingerprint density at radius 3 is 2.58 bits per heavy atom. The predicted octanol–water partition coefficient (Wildman–Crippen LogP) is 2.44. The van der Waals surface area contributed by atoms with E-state index in [4.69, 9.17) is 10.5 Å². The quantitative estimate of drug-likeness (QED) is 0.829. The Hall–Kier alpha value is -1.71. The number of nitrogens with two attached hydrogens (primary N) is 1. The number of hydrogen-bond acceptors (Lipinski definition) is 3. The van der Waals surface area contributed by atoms with Crippen molar-refractivity contribution in [1.82, 2.24) is 4.90 Å². The van der Waals surface area contributed by atoms with Crippen LogP contribution in [0.15, 0.2) is 24.3 Å². The van der Waals surface area contributed by atoms with Crippen molar-refractivity contribution in [3.63, 3.8) is 0 Å². The third-order valence-electron chi connectivity index (χ3n) is 3.73. The number of carbonyl (C=O) groups excluding carboxylic acids is 1. The molecule has 1 aliphatic carbocycles. The first-order valence-electron chi connectivity index (χ1n) is 6.91. The molecule has 0 heterocycles. The summed E-state index contributed by atoms with van der Waals surface area (Å²) in [5, 5.41) is 0. The van der Waals surface area contributed by atoms with Crippen molar-refractivity contribution < 1.29 is 9.53 Å². The van der Waals surface area contributed by atoms with Gasteiger partial charge in [0.05, 0.1) is 13.0 Å². The smallest absolute Gasteiger partial charge is 0.225 e. The van der Waals surface area contributed by atoms with Gasteiger partial charge in [0.2, 0.25) is 5.91 Å². The van der Waals surface area contributed by atoms with Gasteiger partial charge in [0.25, 0.3) is 0 Å². The number of amides is 1. The van der Waals surface area contributed by atoms with E-state index in [0.29, 0.717) is 24.8 Å². The van der Waals surface area contributed by atoms with Gasteiger partial charge in [-0.1, -0.05) is 12.8 Å². The summed E-state index contributed by atoms with van der Waals surface area (Å²) in [6, 6.07) is 7.66. The van der Waals surface area contributed by atoms with Crippen molar-refractivity contribution in [3.05, 3.63) is 24.3 Å². The van der Waals surface area contributed by atoms with Crippen molar-refractivity contribution in [2.24, 2.45) is 0 Å². The van der Waals surface area contributed by atoms with Crippen LogP contribution in [0, 0.1) is 0 Å². The van der Waals surface area contributed by atoms with E-state index in [-0.39, 0.29) is 5.91 Å². The van der Waals surface area contributed by atoms with Crippen molar-refractivity contribution in [2.45, 2.75) is 38.1 Å². The van der Waals surface area contributed by atoms with Gasteiger partial charge in [0, 0.05) is 18.8 Å². The number of anilines is 1. The zero-order valence-corrected chi connectivity index (χ0v) is 11.5. The molecule has 4 nitrogen and oxygen atoms in total. The van der Waals surface area contributed by atoms with Crippen molar-refractivity contribution in [1.29, 1.82) is 0 Å². The molecule has 0 spiro atoms. The number of hydrogen-bond donors (Lipinski definition) is 1. The van der Waals surface area contributed by atoms with Gasteiger partial charge in [0.15, 0.2) is 0 Å². The highest BCUT2D eigenvalue weighted by molar-refractivity contribution is 5.76. The summed E-state index contributed by atoms with van der Waals surface area (Å²) < 4.78 is 5.54. The lowest BCUT2D eigenvalue weighted by molar-refractivity contribution is -0.132. The summed E-state index contributed by atoms with van der Waals surface area (Å²) in [5.74, 6) is 0.924. The second-order valence-electron chi connectivity index (χ2n) is 5.11. The molecule has 2 N–H and O–H groups in total. The molecule has 0 aromatic heterocycles. The fourth-order valence-corrected chi connectivity index (χ4v) is 2.49. The third kappa shape index (κ3) is 3.88. The highest BCUT2D eigenvalue weighted by Crippen LogP contribution is 2.22. The maximum atomic E-state index is 12.0. The predicted molar refractivity (Wildman–Crippen MR) is 76.0 cm³/mol.